The Morgan fingerprint density at radius 1 is 1.04 bits per heavy atom. The molecule has 2 fully saturated rings. The quantitative estimate of drug-likeness (QED) is 0.542. The van der Waals surface area contributed by atoms with Crippen molar-refractivity contribution < 1.29 is 19.4 Å². The van der Waals surface area contributed by atoms with E-state index in [9.17, 15) is 9.59 Å². The van der Waals surface area contributed by atoms with Crippen LogP contribution in [0.25, 0.3) is 0 Å². The summed E-state index contributed by atoms with van der Waals surface area (Å²) in [6.07, 6.45) is 5.12. The Morgan fingerprint density at radius 2 is 1.65 bits per heavy atom. The van der Waals surface area contributed by atoms with Crippen LogP contribution in [-0.4, -0.2) is 50.1 Å². The first kappa shape index (κ1) is 19.1. The number of primary amides is 1. The van der Waals surface area contributed by atoms with Crippen molar-refractivity contribution in [1.29, 1.82) is 0 Å². The molecule has 5 N–H and O–H groups in total. The van der Waals surface area contributed by atoms with Gasteiger partial charge in [-0.15, -0.1) is 0 Å². The fourth-order valence-corrected chi connectivity index (χ4v) is 4.53. The Bertz CT molecular complexity index is 635. The third-order valence-electron chi connectivity index (χ3n) is 5.95. The molecule has 2 aliphatic rings. The number of likely N-dealkylation sites (tertiary alicyclic amines) is 2. The zero-order valence-electron chi connectivity index (χ0n) is 15.2. The van der Waals surface area contributed by atoms with Crippen molar-refractivity contribution in [3.63, 3.8) is 0 Å². The first-order valence-corrected chi connectivity index (χ1v) is 9.91. The molecule has 0 unspecified atom stereocenters. The third kappa shape index (κ3) is 4.37. The molecule has 2 aliphatic heterocycles. The van der Waals surface area contributed by atoms with Crippen LogP contribution >= 0.6 is 11.6 Å². The molecule has 1 aromatic carbocycles. The maximum absolute atomic E-state index is 12.3. The molecule has 142 valence electrons. The van der Waals surface area contributed by atoms with Gasteiger partial charge in [0.15, 0.2) is 12.1 Å². The molecule has 0 aliphatic carbocycles. The lowest BCUT2D eigenvalue weighted by molar-refractivity contribution is -0.972. The number of nitrogens with two attached hydrogens (primary N) is 1. The summed E-state index contributed by atoms with van der Waals surface area (Å²) in [5.41, 5.74) is 6.15. The summed E-state index contributed by atoms with van der Waals surface area (Å²) in [6, 6.07) is 7.11. The standard InChI is InChI=1S/C19H27ClN4O2/c20-15-4-6-16(7-5-15)22-17(25)14-23-12-8-19(9-13-23,18(21)26)24-10-2-1-3-11-24/h4-7H,1-3,8-14H2,(H2,21,26)(H,22,25)/p+2. The van der Waals surface area contributed by atoms with Crippen LogP contribution < -0.4 is 20.9 Å². The second kappa shape index (κ2) is 8.37. The highest BCUT2D eigenvalue weighted by molar-refractivity contribution is 6.30. The van der Waals surface area contributed by atoms with Gasteiger partial charge in [0, 0.05) is 10.7 Å². The van der Waals surface area contributed by atoms with Gasteiger partial charge < -0.3 is 20.9 Å². The molecule has 2 amide bonds. The van der Waals surface area contributed by atoms with Crippen LogP contribution in [0.4, 0.5) is 5.69 Å². The first-order chi connectivity index (χ1) is 12.5. The highest BCUT2D eigenvalue weighted by atomic mass is 35.5. The Labute approximate surface area is 159 Å². The van der Waals surface area contributed by atoms with E-state index in [1.54, 1.807) is 24.3 Å². The van der Waals surface area contributed by atoms with Gasteiger partial charge in [-0.1, -0.05) is 11.6 Å². The molecule has 0 aromatic heterocycles. The average molecular weight is 381 g/mol. The predicted octanol–water partition coefficient (Wildman–Crippen LogP) is -0.750. The van der Waals surface area contributed by atoms with Crippen molar-refractivity contribution in [2.24, 2.45) is 5.73 Å². The van der Waals surface area contributed by atoms with Gasteiger partial charge in [-0.2, -0.15) is 0 Å². The van der Waals surface area contributed by atoms with E-state index in [-0.39, 0.29) is 11.8 Å². The van der Waals surface area contributed by atoms with Crippen LogP contribution in [-0.2, 0) is 9.59 Å². The summed E-state index contributed by atoms with van der Waals surface area (Å²) in [6.45, 7) is 4.10. The van der Waals surface area contributed by atoms with Crippen molar-refractivity contribution in [3.05, 3.63) is 29.3 Å². The number of carbonyl (C=O) groups is 2. The van der Waals surface area contributed by atoms with E-state index in [4.69, 9.17) is 17.3 Å². The van der Waals surface area contributed by atoms with Crippen LogP contribution in [0.3, 0.4) is 0 Å². The Morgan fingerprint density at radius 3 is 2.23 bits per heavy atom. The zero-order chi connectivity index (χ0) is 18.6. The molecule has 2 saturated heterocycles. The summed E-state index contributed by atoms with van der Waals surface area (Å²) in [4.78, 5) is 27.2. The molecule has 2 heterocycles. The zero-order valence-corrected chi connectivity index (χ0v) is 15.9. The van der Waals surface area contributed by atoms with Gasteiger partial charge in [0.05, 0.1) is 39.0 Å². The summed E-state index contributed by atoms with van der Waals surface area (Å²) in [5, 5.41) is 3.55. The van der Waals surface area contributed by atoms with Gasteiger partial charge in [-0.05, 0) is 43.5 Å². The molecular formula is C19H29ClN4O2+2. The number of hydrogen-bond donors (Lipinski definition) is 4. The molecule has 0 radical (unpaired) electrons. The van der Waals surface area contributed by atoms with Gasteiger partial charge in [0.2, 0.25) is 0 Å². The van der Waals surface area contributed by atoms with Gasteiger partial charge in [-0.25, -0.2) is 0 Å². The van der Waals surface area contributed by atoms with E-state index in [1.165, 1.54) is 29.1 Å². The van der Waals surface area contributed by atoms with Gasteiger partial charge in [-0.3, -0.25) is 9.59 Å². The summed E-state index contributed by atoms with van der Waals surface area (Å²) in [7, 11) is 0. The number of amides is 2. The minimum Gasteiger partial charge on any atom is -0.364 e. The Kier molecular flexibility index (Phi) is 6.16. The van der Waals surface area contributed by atoms with E-state index in [2.05, 4.69) is 5.32 Å². The molecule has 26 heavy (non-hydrogen) atoms. The van der Waals surface area contributed by atoms with Crippen LogP contribution in [0.15, 0.2) is 24.3 Å². The van der Waals surface area contributed by atoms with E-state index in [1.807, 2.05) is 0 Å². The number of carbonyl (C=O) groups excluding carboxylic acids is 2. The lowest BCUT2D eigenvalue weighted by Gasteiger charge is -2.43. The van der Waals surface area contributed by atoms with Gasteiger partial charge >= 0.3 is 0 Å². The fraction of sp³-hybridized carbons (Fsp3) is 0.579. The number of piperidine rings is 2. The fourth-order valence-electron chi connectivity index (χ4n) is 4.40. The number of benzene rings is 1. The number of hydrogen-bond acceptors (Lipinski definition) is 2. The van der Waals surface area contributed by atoms with E-state index >= 15 is 0 Å². The minimum absolute atomic E-state index is 0.0146. The van der Waals surface area contributed by atoms with Gasteiger partial charge in [0.1, 0.15) is 0 Å². The van der Waals surface area contributed by atoms with E-state index < -0.39 is 5.54 Å². The van der Waals surface area contributed by atoms with Crippen molar-refractivity contribution in [3.8, 4) is 0 Å². The highest BCUT2D eigenvalue weighted by Crippen LogP contribution is 2.15. The van der Waals surface area contributed by atoms with Crippen molar-refractivity contribution in [2.75, 3.05) is 38.0 Å². The third-order valence-corrected chi connectivity index (χ3v) is 6.21. The SMILES string of the molecule is NC(=O)C1([NH+]2CCCCC2)CC[NH+](CC(=O)Nc2ccc(Cl)cc2)CC1. The summed E-state index contributed by atoms with van der Waals surface area (Å²) < 4.78 is 0. The normalized spacial score (nSPS) is 27.0. The molecule has 6 nitrogen and oxygen atoms in total. The number of halogens is 1. The van der Waals surface area contributed by atoms with Crippen molar-refractivity contribution in [2.45, 2.75) is 37.6 Å². The molecule has 1 aromatic rings. The van der Waals surface area contributed by atoms with Crippen LogP contribution in [0.2, 0.25) is 5.02 Å². The van der Waals surface area contributed by atoms with Crippen LogP contribution in [0, 0.1) is 0 Å². The summed E-state index contributed by atoms with van der Waals surface area (Å²) >= 11 is 5.86. The average Bonchev–Trinajstić information content (AvgIpc) is 2.65. The molecule has 0 atom stereocenters. The molecule has 7 heteroatoms. The minimum atomic E-state index is -0.434. The van der Waals surface area contributed by atoms with Crippen molar-refractivity contribution in [1.82, 2.24) is 0 Å². The summed E-state index contributed by atoms with van der Waals surface area (Å²) in [5.74, 6) is -0.182. The molecule has 0 spiro atoms. The molecule has 0 bridgehead atoms. The van der Waals surface area contributed by atoms with Gasteiger partial charge in [0.25, 0.3) is 11.8 Å². The molecule has 3 rings (SSSR count). The molecular weight excluding hydrogens is 352 g/mol. The predicted molar refractivity (Wildman–Crippen MR) is 101 cm³/mol. The second-order valence-corrected chi connectivity index (χ2v) is 8.03. The lowest BCUT2D eigenvalue weighted by atomic mass is 9.83. The number of anilines is 1. The highest BCUT2D eigenvalue weighted by Gasteiger charge is 2.50. The van der Waals surface area contributed by atoms with Crippen molar-refractivity contribution >= 4 is 29.1 Å². The maximum atomic E-state index is 12.3. The number of quaternary nitrogens is 2. The van der Waals surface area contributed by atoms with E-state index in [0.29, 0.717) is 11.6 Å². The number of rotatable bonds is 5. The first-order valence-electron chi connectivity index (χ1n) is 9.54. The largest absolute Gasteiger partial charge is 0.364 e. The number of nitrogens with one attached hydrogen (secondary N) is 3. The molecule has 0 saturated carbocycles. The smallest absolute Gasteiger partial charge is 0.279 e. The Hall–Kier alpha value is -1.63. The Balaban J connectivity index is 1.54. The van der Waals surface area contributed by atoms with E-state index in [0.717, 1.165) is 44.7 Å². The topological polar surface area (TPSA) is 81.1 Å². The maximum Gasteiger partial charge on any atom is 0.279 e. The van der Waals surface area contributed by atoms with Crippen LogP contribution in [0.5, 0.6) is 0 Å². The second-order valence-electron chi connectivity index (χ2n) is 7.59. The monoisotopic (exact) mass is 380 g/mol. The lowest BCUT2D eigenvalue weighted by Crippen LogP contribution is -3.26. The van der Waals surface area contributed by atoms with Crippen LogP contribution in [0.1, 0.15) is 32.1 Å².